The quantitative estimate of drug-likeness (QED) is 0.484. The normalized spacial score (nSPS) is 10.2. The minimum Gasteiger partial charge on any atom is -0.504 e. The summed E-state index contributed by atoms with van der Waals surface area (Å²) >= 11 is 0. The number of phenolic OH excluding ortho intramolecular Hbond substituents is 1. The summed E-state index contributed by atoms with van der Waals surface area (Å²) < 4.78 is 9.22. The molecule has 0 bridgehead atoms. The molecule has 0 radical (unpaired) electrons. The van der Waals surface area contributed by atoms with E-state index in [4.69, 9.17) is 4.74 Å². The first-order chi connectivity index (χ1) is 8.08. The lowest BCUT2D eigenvalue weighted by Gasteiger charge is -2.04. The summed E-state index contributed by atoms with van der Waals surface area (Å²) in [6.07, 6.45) is 2.12. The van der Waals surface area contributed by atoms with Crippen LogP contribution < -0.4 is 4.74 Å². The van der Waals surface area contributed by atoms with Gasteiger partial charge in [-0.15, -0.1) is 0 Å². The zero-order valence-corrected chi connectivity index (χ0v) is 9.47. The standard InChI is InChI=1S/C12H12O5/c1-16-11-7-8(3-4-10(11)14)9(13)5-6-12(15)17-2/h3-7,14H,1-2H3/b6-5+. The average molecular weight is 236 g/mol. The summed E-state index contributed by atoms with van der Waals surface area (Å²) in [5.74, 6) is -0.846. The summed E-state index contributed by atoms with van der Waals surface area (Å²) in [4.78, 5) is 22.4. The third-order valence-corrected chi connectivity index (χ3v) is 2.04. The maximum absolute atomic E-state index is 11.6. The van der Waals surface area contributed by atoms with E-state index in [9.17, 15) is 14.7 Å². The van der Waals surface area contributed by atoms with Crippen molar-refractivity contribution in [3.05, 3.63) is 35.9 Å². The number of hydrogen-bond acceptors (Lipinski definition) is 5. The summed E-state index contributed by atoms with van der Waals surface area (Å²) in [6, 6.07) is 4.17. The van der Waals surface area contributed by atoms with Gasteiger partial charge in [-0.25, -0.2) is 4.79 Å². The van der Waals surface area contributed by atoms with Crippen LogP contribution in [0.25, 0.3) is 0 Å². The molecule has 0 fully saturated rings. The second kappa shape index (κ2) is 5.69. The molecule has 1 aromatic carbocycles. The van der Waals surface area contributed by atoms with Crippen LogP contribution in [0, 0.1) is 0 Å². The van der Waals surface area contributed by atoms with Crippen molar-refractivity contribution in [3.63, 3.8) is 0 Å². The number of benzene rings is 1. The highest BCUT2D eigenvalue weighted by molar-refractivity contribution is 6.07. The van der Waals surface area contributed by atoms with Gasteiger partial charge in [0.05, 0.1) is 14.2 Å². The summed E-state index contributed by atoms with van der Waals surface area (Å²) in [7, 11) is 2.61. The van der Waals surface area contributed by atoms with E-state index in [0.29, 0.717) is 5.56 Å². The molecule has 1 N–H and O–H groups in total. The van der Waals surface area contributed by atoms with Crippen LogP contribution in [-0.4, -0.2) is 31.1 Å². The van der Waals surface area contributed by atoms with Gasteiger partial charge in [0.25, 0.3) is 0 Å². The Bertz CT molecular complexity index is 462. The molecule has 0 aliphatic heterocycles. The predicted molar refractivity (Wildman–Crippen MR) is 60.1 cm³/mol. The summed E-state index contributed by atoms with van der Waals surface area (Å²) in [5, 5.41) is 9.34. The van der Waals surface area contributed by atoms with Crippen LogP contribution in [0.1, 0.15) is 10.4 Å². The molecule has 1 aromatic rings. The van der Waals surface area contributed by atoms with Gasteiger partial charge in [0, 0.05) is 11.6 Å². The Morgan fingerprint density at radius 3 is 2.53 bits per heavy atom. The smallest absolute Gasteiger partial charge is 0.330 e. The second-order valence-electron chi connectivity index (χ2n) is 3.11. The molecule has 0 aliphatic rings. The van der Waals surface area contributed by atoms with E-state index in [0.717, 1.165) is 12.2 Å². The number of methoxy groups -OCH3 is 2. The molecule has 0 spiro atoms. The zero-order valence-electron chi connectivity index (χ0n) is 9.47. The Hall–Kier alpha value is -2.30. The van der Waals surface area contributed by atoms with Crippen molar-refractivity contribution < 1.29 is 24.2 Å². The van der Waals surface area contributed by atoms with Crippen LogP contribution >= 0.6 is 0 Å². The first kappa shape index (κ1) is 12.8. The number of phenols is 1. The average Bonchev–Trinajstić information content (AvgIpc) is 2.35. The molecule has 0 atom stereocenters. The molecular weight excluding hydrogens is 224 g/mol. The monoisotopic (exact) mass is 236 g/mol. The maximum Gasteiger partial charge on any atom is 0.330 e. The highest BCUT2D eigenvalue weighted by Crippen LogP contribution is 2.26. The van der Waals surface area contributed by atoms with Gasteiger partial charge in [0.1, 0.15) is 0 Å². The highest BCUT2D eigenvalue weighted by Gasteiger charge is 2.07. The third-order valence-electron chi connectivity index (χ3n) is 2.04. The van der Waals surface area contributed by atoms with Crippen molar-refractivity contribution in [3.8, 4) is 11.5 Å². The molecule has 0 heterocycles. The largest absolute Gasteiger partial charge is 0.504 e. The van der Waals surface area contributed by atoms with E-state index in [1.165, 1.54) is 32.4 Å². The lowest BCUT2D eigenvalue weighted by atomic mass is 10.1. The maximum atomic E-state index is 11.6. The fourth-order valence-corrected chi connectivity index (χ4v) is 1.14. The summed E-state index contributed by atoms with van der Waals surface area (Å²) in [6.45, 7) is 0. The molecule has 0 aliphatic carbocycles. The molecule has 5 heteroatoms. The second-order valence-corrected chi connectivity index (χ2v) is 3.11. The Morgan fingerprint density at radius 2 is 1.94 bits per heavy atom. The molecule has 1 rings (SSSR count). The van der Waals surface area contributed by atoms with Crippen LogP contribution in [0.15, 0.2) is 30.4 Å². The number of hydrogen-bond donors (Lipinski definition) is 1. The number of aromatic hydroxyl groups is 1. The van der Waals surface area contributed by atoms with Crippen LogP contribution in [0.3, 0.4) is 0 Å². The topological polar surface area (TPSA) is 72.8 Å². The van der Waals surface area contributed by atoms with E-state index in [1.807, 2.05) is 0 Å². The number of ether oxygens (including phenoxy) is 2. The van der Waals surface area contributed by atoms with Crippen LogP contribution in [-0.2, 0) is 9.53 Å². The highest BCUT2D eigenvalue weighted by atomic mass is 16.5. The van der Waals surface area contributed by atoms with Crippen LogP contribution in [0.5, 0.6) is 11.5 Å². The SMILES string of the molecule is COC(=O)/C=C/C(=O)c1ccc(O)c(OC)c1. The van der Waals surface area contributed by atoms with Crippen LogP contribution in [0.4, 0.5) is 0 Å². The molecule has 0 aromatic heterocycles. The number of esters is 1. The van der Waals surface area contributed by atoms with Crippen molar-refractivity contribution in [2.24, 2.45) is 0 Å². The lowest BCUT2D eigenvalue weighted by Crippen LogP contribution is -1.99. The van der Waals surface area contributed by atoms with Gasteiger partial charge < -0.3 is 14.6 Å². The van der Waals surface area contributed by atoms with Crippen molar-refractivity contribution >= 4 is 11.8 Å². The predicted octanol–water partition coefficient (Wildman–Crippen LogP) is 1.31. The minimum absolute atomic E-state index is 0.0546. The Kier molecular flexibility index (Phi) is 4.28. The molecule has 17 heavy (non-hydrogen) atoms. The van der Waals surface area contributed by atoms with E-state index < -0.39 is 5.97 Å². The van der Waals surface area contributed by atoms with Gasteiger partial charge in [-0.2, -0.15) is 0 Å². The van der Waals surface area contributed by atoms with E-state index in [-0.39, 0.29) is 17.3 Å². The van der Waals surface area contributed by atoms with Gasteiger partial charge in [-0.3, -0.25) is 4.79 Å². The van der Waals surface area contributed by atoms with Crippen molar-refractivity contribution in [1.82, 2.24) is 0 Å². The van der Waals surface area contributed by atoms with E-state index in [2.05, 4.69) is 4.74 Å². The van der Waals surface area contributed by atoms with E-state index >= 15 is 0 Å². The Morgan fingerprint density at radius 1 is 1.24 bits per heavy atom. The Labute approximate surface area is 98.3 Å². The number of rotatable bonds is 4. The van der Waals surface area contributed by atoms with Gasteiger partial charge in [-0.05, 0) is 24.3 Å². The van der Waals surface area contributed by atoms with Gasteiger partial charge >= 0.3 is 5.97 Å². The Balaban J connectivity index is 2.90. The molecular formula is C12H12O5. The minimum atomic E-state index is -0.607. The van der Waals surface area contributed by atoms with Crippen LogP contribution in [0.2, 0.25) is 0 Å². The van der Waals surface area contributed by atoms with Gasteiger partial charge in [-0.1, -0.05) is 0 Å². The zero-order chi connectivity index (χ0) is 12.8. The first-order valence-corrected chi connectivity index (χ1v) is 4.76. The number of carbonyl (C=O) groups excluding carboxylic acids is 2. The first-order valence-electron chi connectivity index (χ1n) is 4.76. The fraction of sp³-hybridized carbons (Fsp3) is 0.167. The fourth-order valence-electron chi connectivity index (χ4n) is 1.14. The van der Waals surface area contributed by atoms with Gasteiger partial charge in [0.2, 0.25) is 0 Å². The summed E-state index contributed by atoms with van der Waals surface area (Å²) in [5.41, 5.74) is 0.305. The molecule has 90 valence electrons. The van der Waals surface area contributed by atoms with Gasteiger partial charge in [0.15, 0.2) is 17.3 Å². The number of carbonyl (C=O) groups is 2. The van der Waals surface area contributed by atoms with E-state index in [1.54, 1.807) is 0 Å². The molecule has 0 saturated carbocycles. The van der Waals surface area contributed by atoms with Crippen molar-refractivity contribution in [2.75, 3.05) is 14.2 Å². The molecule has 0 saturated heterocycles. The number of ketones is 1. The van der Waals surface area contributed by atoms with Crippen molar-refractivity contribution in [1.29, 1.82) is 0 Å². The number of allylic oxidation sites excluding steroid dienone is 1. The lowest BCUT2D eigenvalue weighted by molar-refractivity contribution is -0.134. The molecule has 0 amide bonds. The van der Waals surface area contributed by atoms with Crippen molar-refractivity contribution in [2.45, 2.75) is 0 Å². The molecule has 5 nitrogen and oxygen atoms in total. The molecule has 0 unspecified atom stereocenters. The third kappa shape index (κ3) is 3.34.